The quantitative estimate of drug-likeness (QED) is 0.914. The summed E-state index contributed by atoms with van der Waals surface area (Å²) in [6.07, 6.45) is 1.08. The van der Waals surface area contributed by atoms with Crippen molar-refractivity contribution in [3.05, 3.63) is 58.6 Å². The number of aryl methyl sites for hydroxylation is 1. The number of hydrogen-bond donors (Lipinski definition) is 1. The second-order valence-electron chi connectivity index (χ2n) is 5.35. The van der Waals surface area contributed by atoms with E-state index < -0.39 is 0 Å². The highest BCUT2D eigenvalue weighted by atomic mass is 35.5. The molecule has 0 saturated heterocycles. The molecule has 3 rings (SSSR count). The molecule has 1 aliphatic rings. The Morgan fingerprint density at radius 1 is 1.09 bits per heavy atom. The molecule has 1 aliphatic heterocycles. The van der Waals surface area contributed by atoms with Gasteiger partial charge in [-0.3, -0.25) is 4.79 Å². The first-order valence-electron chi connectivity index (χ1n) is 7.61. The van der Waals surface area contributed by atoms with Crippen LogP contribution >= 0.6 is 11.6 Å². The lowest BCUT2D eigenvalue weighted by atomic mass is 10.1. The number of ether oxygens (including phenoxy) is 2. The van der Waals surface area contributed by atoms with Gasteiger partial charge in [-0.15, -0.1) is 0 Å². The van der Waals surface area contributed by atoms with Crippen molar-refractivity contribution in [2.75, 3.05) is 13.2 Å². The van der Waals surface area contributed by atoms with Crippen molar-refractivity contribution in [1.82, 2.24) is 5.32 Å². The van der Waals surface area contributed by atoms with Crippen LogP contribution in [0.5, 0.6) is 11.5 Å². The Balaban J connectivity index is 1.50. The molecule has 0 spiro atoms. The van der Waals surface area contributed by atoms with E-state index in [0.29, 0.717) is 37.6 Å². The van der Waals surface area contributed by atoms with E-state index in [4.69, 9.17) is 21.1 Å². The number of rotatable bonds is 5. The van der Waals surface area contributed by atoms with Crippen LogP contribution < -0.4 is 14.8 Å². The first kappa shape index (κ1) is 15.7. The minimum absolute atomic E-state index is 0.000177. The SMILES string of the molecule is O=C(CCc1ccc2c(c1)OCCO2)NCc1ccccc1Cl. The van der Waals surface area contributed by atoms with Gasteiger partial charge >= 0.3 is 0 Å². The third-order valence-corrected chi connectivity index (χ3v) is 4.05. The van der Waals surface area contributed by atoms with Crippen molar-refractivity contribution in [3.63, 3.8) is 0 Å². The van der Waals surface area contributed by atoms with E-state index in [1.54, 1.807) is 0 Å². The number of nitrogens with one attached hydrogen (secondary N) is 1. The predicted molar refractivity (Wildman–Crippen MR) is 89.1 cm³/mol. The first-order valence-corrected chi connectivity index (χ1v) is 7.99. The summed E-state index contributed by atoms with van der Waals surface area (Å²) in [6.45, 7) is 1.59. The maximum absolute atomic E-state index is 12.0. The van der Waals surface area contributed by atoms with Gasteiger partial charge in [-0.1, -0.05) is 35.9 Å². The lowest BCUT2D eigenvalue weighted by Crippen LogP contribution is -2.23. The van der Waals surface area contributed by atoms with Gasteiger partial charge in [0.05, 0.1) is 0 Å². The molecule has 2 aromatic carbocycles. The molecule has 0 fully saturated rings. The van der Waals surface area contributed by atoms with Crippen molar-refractivity contribution in [2.24, 2.45) is 0 Å². The molecule has 5 heteroatoms. The van der Waals surface area contributed by atoms with Crippen LogP contribution in [-0.2, 0) is 17.8 Å². The Morgan fingerprint density at radius 2 is 1.87 bits per heavy atom. The van der Waals surface area contributed by atoms with Gasteiger partial charge in [-0.25, -0.2) is 0 Å². The summed E-state index contributed by atoms with van der Waals surface area (Å²) in [5.41, 5.74) is 1.98. The lowest BCUT2D eigenvalue weighted by Gasteiger charge is -2.18. The van der Waals surface area contributed by atoms with E-state index in [9.17, 15) is 4.79 Å². The summed E-state index contributed by atoms with van der Waals surface area (Å²) in [6, 6.07) is 13.3. The van der Waals surface area contributed by atoms with Gasteiger partial charge in [0.1, 0.15) is 13.2 Å². The number of benzene rings is 2. The summed E-state index contributed by atoms with van der Waals surface area (Å²) in [4.78, 5) is 12.0. The fourth-order valence-electron chi connectivity index (χ4n) is 2.43. The number of carbonyl (C=O) groups excluding carboxylic acids is 1. The van der Waals surface area contributed by atoms with Crippen molar-refractivity contribution in [2.45, 2.75) is 19.4 Å². The molecule has 0 aliphatic carbocycles. The second-order valence-corrected chi connectivity index (χ2v) is 5.75. The standard InChI is InChI=1S/C18H18ClNO3/c19-15-4-2-1-3-14(15)12-20-18(21)8-6-13-5-7-16-17(11-13)23-10-9-22-16/h1-5,7,11H,6,8-10,12H2,(H,20,21). The zero-order chi connectivity index (χ0) is 16.1. The van der Waals surface area contributed by atoms with Crippen molar-refractivity contribution < 1.29 is 14.3 Å². The third-order valence-electron chi connectivity index (χ3n) is 3.68. The summed E-state index contributed by atoms with van der Waals surface area (Å²) in [5.74, 6) is 1.52. The van der Waals surface area contributed by atoms with E-state index in [1.807, 2.05) is 42.5 Å². The van der Waals surface area contributed by atoms with Crippen LogP contribution in [0, 0.1) is 0 Å². The molecule has 0 aromatic heterocycles. The molecule has 0 radical (unpaired) electrons. The van der Waals surface area contributed by atoms with Crippen LogP contribution in [0.15, 0.2) is 42.5 Å². The van der Waals surface area contributed by atoms with Crippen molar-refractivity contribution in [3.8, 4) is 11.5 Å². The maximum atomic E-state index is 12.0. The van der Waals surface area contributed by atoms with Crippen LogP contribution in [0.25, 0.3) is 0 Å². The highest BCUT2D eigenvalue weighted by molar-refractivity contribution is 6.31. The van der Waals surface area contributed by atoms with Crippen molar-refractivity contribution in [1.29, 1.82) is 0 Å². The van der Waals surface area contributed by atoms with Gasteiger partial charge < -0.3 is 14.8 Å². The number of halogens is 1. The van der Waals surface area contributed by atoms with Gasteiger partial charge in [0.2, 0.25) is 5.91 Å². The largest absolute Gasteiger partial charge is 0.486 e. The molecule has 2 aromatic rings. The number of fused-ring (bicyclic) bond motifs is 1. The van der Waals surface area contributed by atoms with Gasteiger partial charge in [-0.2, -0.15) is 0 Å². The van der Waals surface area contributed by atoms with E-state index >= 15 is 0 Å². The Bertz CT molecular complexity index is 702. The summed E-state index contributed by atoms with van der Waals surface area (Å²) in [5, 5.41) is 3.56. The van der Waals surface area contributed by atoms with Gasteiger partial charge in [0, 0.05) is 18.0 Å². The molecule has 0 saturated carbocycles. The fourth-order valence-corrected chi connectivity index (χ4v) is 2.63. The summed E-state index contributed by atoms with van der Waals surface area (Å²) < 4.78 is 11.0. The maximum Gasteiger partial charge on any atom is 0.220 e. The smallest absolute Gasteiger partial charge is 0.220 e. The monoisotopic (exact) mass is 331 g/mol. The highest BCUT2D eigenvalue weighted by Crippen LogP contribution is 2.31. The predicted octanol–water partition coefficient (Wildman–Crippen LogP) is 3.36. The van der Waals surface area contributed by atoms with Crippen LogP contribution in [0.1, 0.15) is 17.5 Å². The van der Waals surface area contributed by atoms with Gasteiger partial charge in [0.15, 0.2) is 11.5 Å². The molecule has 120 valence electrons. The molecule has 0 atom stereocenters. The molecule has 0 bridgehead atoms. The Labute approximate surface area is 140 Å². The molecule has 1 heterocycles. The normalized spacial score (nSPS) is 12.7. The van der Waals surface area contributed by atoms with Crippen LogP contribution in [0.4, 0.5) is 0 Å². The number of hydrogen-bond acceptors (Lipinski definition) is 3. The van der Waals surface area contributed by atoms with Gasteiger partial charge in [0.25, 0.3) is 0 Å². The highest BCUT2D eigenvalue weighted by Gasteiger charge is 2.12. The van der Waals surface area contributed by atoms with E-state index in [1.165, 1.54) is 0 Å². The molecule has 23 heavy (non-hydrogen) atoms. The summed E-state index contributed by atoms with van der Waals surface area (Å²) >= 11 is 6.07. The zero-order valence-electron chi connectivity index (χ0n) is 12.7. The summed E-state index contributed by atoms with van der Waals surface area (Å²) in [7, 11) is 0. The third kappa shape index (κ3) is 4.17. The van der Waals surface area contributed by atoms with E-state index in [-0.39, 0.29) is 5.91 Å². The second kappa shape index (κ2) is 7.38. The minimum Gasteiger partial charge on any atom is -0.486 e. The molecule has 1 amide bonds. The fraction of sp³-hybridized carbons (Fsp3) is 0.278. The van der Waals surface area contributed by atoms with E-state index in [2.05, 4.69) is 5.32 Å². The molecule has 0 unspecified atom stereocenters. The van der Waals surface area contributed by atoms with Crippen LogP contribution in [-0.4, -0.2) is 19.1 Å². The average molecular weight is 332 g/mol. The first-order chi connectivity index (χ1) is 11.2. The Kier molecular flexibility index (Phi) is 5.03. The molecule has 1 N–H and O–H groups in total. The number of amides is 1. The average Bonchev–Trinajstić information content (AvgIpc) is 2.59. The van der Waals surface area contributed by atoms with E-state index in [0.717, 1.165) is 22.6 Å². The molecular weight excluding hydrogens is 314 g/mol. The lowest BCUT2D eigenvalue weighted by molar-refractivity contribution is -0.121. The zero-order valence-corrected chi connectivity index (χ0v) is 13.4. The molecule has 4 nitrogen and oxygen atoms in total. The molecular formula is C18H18ClNO3. The Hall–Kier alpha value is -2.20. The van der Waals surface area contributed by atoms with Crippen LogP contribution in [0.2, 0.25) is 5.02 Å². The Morgan fingerprint density at radius 3 is 2.70 bits per heavy atom. The topological polar surface area (TPSA) is 47.6 Å². The van der Waals surface area contributed by atoms with Gasteiger partial charge in [-0.05, 0) is 35.7 Å². The van der Waals surface area contributed by atoms with Crippen LogP contribution in [0.3, 0.4) is 0 Å². The minimum atomic E-state index is -0.000177. The van der Waals surface area contributed by atoms with Crippen molar-refractivity contribution >= 4 is 17.5 Å². The number of carbonyl (C=O) groups is 1.